The van der Waals surface area contributed by atoms with E-state index in [9.17, 15) is 9.59 Å². The van der Waals surface area contributed by atoms with Crippen LogP contribution in [0.1, 0.15) is 10.4 Å². The van der Waals surface area contributed by atoms with Crippen molar-refractivity contribution in [2.45, 2.75) is 6.10 Å². The molecule has 1 amide bonds. The zero-order chi connectivity index (χ0) is 14.7. The maximum absolute atomic E-state index is 12.3. The molecule has 0 aromatic carbocycles. The van der Waals surface area contributed by atoms with Gasteiger partial charge < -0.3 is 14.4 Å². The van der Waals surface area contributed by atoms with Gasteiger partial charge in [0.2, 0.25) is 0 Å². The number of rotatable bonds is 2. The van der Waals surface area contributed by atoms with Crippen LogP contribution in [0.3, 0.4) is 0 Å². The number of esters is 1. The van der Waals surface area contributed by atoms with E-state index in [0.29, 0.717) is 12.1 Å². The number of amides is 1. The number of nitrogens with zero attached hydrogens (tertiary/aromatic N) is 2. The third-order valence-electron chi connectivity index (χ3n) is 2.83. The standard InChI is InChI=1S/C12H12Cl2N2O4/c1-19-12(18)8-6-16(2-3-20-8)11(17)7-4-9(13)15-10(14)5-7/h4-5,8H,2-3,6H2,1H3. The number of halogens is 2. The summed E-state index contributed by atoms with van der Waals surface area (Å²) in [5.41, 5.74) is 0.320. The van der Waals surface area contributed by atoms with E-state index in [1.165, 1.54) is 24.1 Å². The van der Waals surface area contributed by atoms with Crippen molar-refractivity contribution < 1.29 is 19.1 Å². The van der Waals surface area contributed by atoms with Crippen LogP contribution in [0.25, 0.3) is 0 Å². The van der Waals surface area contributed by atoms with Crippen molar-refractivity contribution in [3.63, 3.8) is 0 Å². The Balaban J connectivity index is 2.14. The largest absolute Gasteiger partial charge is 0.467 e. The van der Waals surface area contributed by atoms with Crippen LogP contribution in [0.5, 0.6) is 0 Å². The minimum absolute atomic E-state index is 0.128. The van der Waals surface area contributed by atoms with Gasteiger partial charge in [0.1, 0.15) is 10.3 Å². The lowest BCUT2D eigenvalue weighted by Crippen LogP contribution is -2.48. The van der Waals surface area contributed by atoms with Gasteiger partial charge in [-0.2, -0.15) is 0 Å². The Morgan fingerprint density at radius 3 is 2.65 bits per heavy atom. The minimum Gasteiger partial charge on any atom is -0.467 e. The van der Waals surface area contributed by atoms with Crippen LogP contribution in [-0.4, -0.2) is 54.7 Å². The van der Waals surface area contributed by atoms with Gasteiger partial charge in [-0.3, -0.25) is 4.79 Å². The monoisotopic (exact) mass is 318 g/mol. The molecule has 1 unspecified atom stereocenters. The molecule has 1 aliphatic heterocycles. The van der Waals surface area contributed by atoms with Crippen LogP contribution in [0.15, 0.2) is 12.1 Å². The highest BCUT2D eigenvalue weighted by atomic mass is 35.5. The summed E-state index contributed by atoms with van der Waals surface area (Å²) in [4.78, 5) is 29.0. The van der Waals surface area contributed by atoms with Crippen LogP contribution < -0.4 is 0 Å². The maximum atomic E-state index is 12.3. The topological polar surface area (TPSA) is 68.7 Å². The van der Waals surface area contributed by atoms with E-state index in [-0.39, 0.29) is 29.4 Å². The van der Waals surface area contributed by atoms with Crippen molar-refractivity contribution in [3.8, 4) is 0 Å². The molecule has 6 nitrogen and oxygen atoms in total. The average molecular weight is 319 g/mol. The van der Waals surface area contributed by atoms with Crippen molar-refractivity contribution in [2.75, 3.05) is 26.8 Å². The van der Waals surface area contributed by atoms with E-state index in [1.54, 1.807) is 0 Å². The van der Waals surface area contributed by atoms with Gasteiger partial charge in [-0.15, -0.1) is 0 Å². The Labute approximate surface area is 125 Å². The molecule has 0 spiro atoms. The zero-order valence-electron chi connectivity index (χ0n) is 10.6. The van der Waals surface area contributed by atoms with E-state index >= 15 is 0 Å². The van der Waals surface area contributed by atoms with Gasteiger partial charge in [-0.05, 0) is 12.1 Å². The van der Waals surface area contributed by atoms with Crippen molar-refractivity contribution in [2.24, 2.45) is 0 Å². The van der Waals surface area contributed by atoms with Gasteiger partial charge in [0.25, 0.3) is 5.91 Å². The number of methoxy groups -OCH3 is 1. The molecule has 0 bridgehead atoms. The molecule has 1 saturated heterocycles. The Morgan fingerprint density at radius 1 is 1.40 bits per heavy atom. The Morgan fingerprint density at radius 2 is 2.05 bits per heavy atom. The molecule has 1 aromatic rings. The van der Waals surface area contributed by atoms with Gasteiger partial charge in [0, 0.05) is 12.1 Å². The summed E-state index contributed by atoms with van der Waals surface area (Å²) in [5.74, 6) is -0.790. The second-order valence-electron chi connectivity index (χ2n) is 4.14. The van der Waals surface area contributed by atoms with E-state index in [4.69, 9.17) is 27.9 Å². The molecule has 1 atom stereocenters. The molecule has 0 aliphatic carbocycles. The summed E-state index contributed by atoms with van der Waals surface area (Å²) in [7, 11) is 1.27. The lowest BCUT2D eigenvalue weighted by Gasteiger charge is -2.31. The Bertz CT molecular complexity index is 518. The number of morpholine rings is 1. The molecule has 108 valence electrons. The van der Waals surface area contributed by atoms with Crippen molar-refractivity contribution in [1.82, 2.24) is 9.88 Å². The summed E-state index contributed by atoms with van der Waals surface area (Å²) < 4.78 is 9.87. The van der Waals surface area contributed by atoms with E-state index in [2.05, 4.69) is 9.72 Å². The van der Waals surface area contributed by atoms with Gasteiger partial charge in [0.05, 0.1) is 20.3 Å². The minimum atomic E-state index is -0.773. The van der Waals surface area contributed by atoms with Crippen molar-refractivity contribution in [1.29, 1.82) is 0 Å². The van der Waals surface area contributed by atoms with Crippen LogP contribution in [0.4, 0.5) is 0 Å². The predicted molar refractivity (Wildman–Crippen MR) is 71.9 cm³/mol. The normalized spacial score (nSPS) is 18.8. The summed E-state index contributed by atoms with van der Waals surface area (Å²) in [6.07, 6.45) is -0.773. The molecule has 20 heavy (non-hydrogen) atoms. The van der Waals surface area contributed by atoms with Crippen LogP contribution in [0, 0.1) is 0 Å². The summed E-state index contributed by atoms with van der Waals surface area (Å²) in [5, 5.41) is 0.275. The lowest BCUT2D eigenvalue weighted by molar-refractivity contribution is -0.158. The first-order valence-corrected chi connectivity index (χ1v) is 6.58. The van der Waals surface area contributed by atoms with Gasteiger partial charge in [0.15, 0.2) is 6.10 Å². The number of hydrogen-bond acceptors (Lipinski definition) is 5. The average Bonchev–Trinajstić information content (AvgIpc) is 2.44. The summed E-state index contributed by atoms with van der Waals surface area (Å²) >= 11 is 11.5. The first-order chi connectivity index (χ1) is 9.51. The molecular formula is C12H12Cl2N2O4. The molecule has 0 saturated carbocycles. The molecular weight excluding hydrogens is 307 g/mol. The van der Waals surface area contributed by atoms with Crippen LogP contribution in [0.2, 0.25) is 10.3 Å². The van der Waals surface area contributed by atoms with Crippen molar-refractivity contribution in [3.05, 3.63) is 28.0 Å². The number of pyridine rings is 1. The highest BCUT2D eigenvalue weighted by molar-refractivity contribution is 6.33. The first-order valence-electron chi connectivity index (χ1n) is 5.83. The van der Waals surface area contributed by atoms with Gasteiger partial charge in [-0.1, -0.05) is 23.2 Å². The van der Waals surface area contributed by atoms with E-state index in [1.807, 2.05) is 0 Å². The fourth-order valence-electron chi connectivity index (χ4n) is 1.88. The fraction of sp³-hybridized carbons (Fsp3) is 0.417. The number of carbonyl (C=O) groups excluding carboxylic acids is 2. The number of carbonyl (C=O) groups is 2. The molecule has 2 rings (SSSR count). The van der Waals surface area contributed by atoms with Crippen LogP contribution in [-0.2, 0) is 14.3 Å². The molecule has 1 aromatic heterocycles. The molecule has 8 heteroatoms. The number of aromatic nitrogens is 1. The Kier molecular flexibility index (Phi) is 4.80. The molecule has 2 heterocycles. The maximum Gasteiger partial charge on any atom is 0.336 e. The molecule has 0 radical (unpaired) electrons. The number of ether oxygens (including phenoxy) is 2. The van der Waals surface area contributed by atoms with Gasteiger partial charge in [-0.25, -0.2) is 9.78 Å². The second kappa shape index (κ2) is 6.39. The smallest absolute Gasteiger partial charge is 0.336 e. The zero-order valence-corrected chi connectivity index (χ0v) is 12.1. The lowest BCUT2D eigenvalue weighted by atomic mass is 10.2. The van der Waals surface area contributed by atoms with E-state index < -0.39 is 12.1 Å². The third-order valence-corrected chi connectivity index (χ3v) is 3.21. The third kappa shape index (κ3) is 3.39. The number of hydrogen-bond donors (Lipinski definition) is 0. The summed E-state index contributed by atoms with van der Waals surface area (Å²) in [6, 6.07) is 2.86. The van der Waals surface area contributed by atoms with Crippen molar-refractivity contribution >= 4 is 35.1 Å². The second-order valence-corrected chi connectivity index (χ2v) is 4.91. The quantitative estimate of drug-likeness (QED) is 0.609. The van der Waals surface area contributed by atoms with E-state index in [0.717, 1.165) is 0 Å². The molecule has 1 fully saturated rings. The highest BCUT2D eigenvalue weighted by Gasteiger charge is 2.30. The summed E-state index contributed by atoms with van der Waals surface area (Å²) in [6.45, 7) is 0.769. The molecule has 1 aliphatic rings. The van der Waals surface area contributed by atoms with Gasteiger partial charge >= 0.3 is 5.97 Å². The van der Waals surface area contributed by atoms with Crippen LogP contribution >= 0.6 is 23.2 Å². The predicted octanol–water partition coefficient (Wildman–Crippen LogP) is 1.40. The highest BCUT2D eigenvalue weighted by Crippen LogP contribution is 2.18. The molecule has 0 N–H and O–H groups in total. The SMILES string of the molecule is COC(=O)C1CN(C(=O)c2cc(Cl)nc(Cl)c2)CCO1. The Hall–Kier alpha value is -1.37. The fourth-order valence-corrected chi connectivity index (χ4v) is 2.34. The first kappa shape index (κ1) is 15.0.